The van der Waals surface area contributed by atoms with Crippen LogP contribution in [0.5, 0.6) is 0 Å². The van der Waals surface area contributed by atoms with E-state index in [9.17, 15) is 18.3 Å². The van der Waals surface area contributed by atoms with Crippen LogP contribution in [0.15, 0.2) is 18.2 Å². The Morgan fingerprint density at radius 2 is 2.00 bits per heavy atom. The van der Waals surface area contributed by atoms with Crippen molar-refractivity contribution in [2.45, 2.75) is 25.1 Å². The van der Waals surface area contributed by atoms with Gasteiger partial charge in [0.1, 0.15) is 0 Å². The van der Waals surface area contributed by atoms with Crippen LogP contribution in [0.25, 0.3) is 0 Å². The number of β-amino-alcohol motifs (C(OH)–C–C–N with tert-alkyl or cyclic N) is 1. The van der Waals surface area contributed by atoms with Crippen molar-refractivity contribution >= 4 is 0 Å². The number of alkyl halides is 3. The van der Waals surface area contributed by atoms with Gasteiger partial charge in [0.25, 0.3) is 0 Å². The van der Waals surface area contributed by atoms with Crippen LogP contribution in [0.1, 0.15) is 16.7 Å². The number of halogens is 3. The number of hydrogen-bond donors (Lipinski definition) is 2. The number of aryl methyl sites for hydroxylation is 1. The maximum atomic E-state index is 12.5. The summed E-state index contributed by atoms with van der Waals surface area (Å²) in [6.45, 7) is 2.63. The highest BCUT2D eigenvalue weighted by atomic mass is 19.4. The lowest BCUT2D eigenvalue weighted by atomic mass is 9.87. The summed E-state index contributed by atoms with van der Waals surface area (Å²) in [5.41, 5.74) is -0.107. The van der Waals surface area contributed by atoms with Crippen LogP contribution in [0.4, 0.5) is 13.2 Å². The average molecular weight is 245 g/mol. The first-order valence-corrected chi connectivity index (χ1v) is 5.40. The fourth-order valence-corrected chi connectivity index (χ4v) is 1.96. The van der Waals surface area contributed by atoms with E-state index >= 15 is 0 Å². The quantitative estimate of drug-likeness (QED) is 0.834. The van der Waals surface area contributed by atoms with Crippen LogP contribution in [0, 0.1) is 6.92 Å². The maximum absolute atomic E-state index is 12.5. The van der Waals surface area contributed by atoms with Crippen molar-refractivity contribution in [1.29, 1.82) is 0 Å². The first-order chi connectivity index (χ1) is 7.80. The van der Waals surface area contributed by atoms with E-state index in [-0.39, 0.29) is 0 Å². The molecular weight excluding hydrogens is 231 g/mol. The molecule has 2 nitrogen and oxygen atoms in total. The van der Waals surface area contributed by atoms with Crippen molar-refractivity contribution in [3.8, 4) is 0 Å². The van der Waals surface area contributed by atoms with E-state index in [4.69, 9.17) is 0 Å². The Morgan fingerprint density at radius 3 is 2.41 bits per heavy atom. The van der Waals surface area contributed by atoms with Crippen molar-refractivity contribution in [3.63, 3.8) is 0 Å². The van der Waals surface area contributed by atoms with E-state index in [1.807, 2.05) is 0 Å². The molecule has 1 aliphatic rings. The topological polar surface area (TPSA) is 32.3 Å². The van der Waals surface area contributed by atoms with Gasteiger partial charge in [0.2, 0.25) is 0 Å². The average Bonchev–Trinajstić information content (AvgIpc) is 2.17. The summed E-state index contributed by atoms with van der Waals surface area (Å²) in [6.07, 6.45) is -3.91. The zero-order chi connectivity index (χ0) is 12.7. The Kier molecular flexibility index (Phi) is 2.91. The second-order valence-electron chi connectivity index (χ2n) is 4.64. The summed E-state index contributed by atoms with van der Waals surface area (Å²) < 4.78 is 37.4. The molecule has 0 bridgehead atoms. The van der Waals surface area contributed by atoms with E-state index in [0.717, 1.165) is 17.7 Å². The number of rotatable bonds is 2. The zero-order valence-corrected chi connectivity index (χ0v) is 9.43. The van der Waals surface area contributed by atoms with Crippen LogP contribution < -0.4 is 5.32 Å². The van der Waals surface area contributed by atoms with Gasteiger partial charge in [-0.05, 0) is 30.2 Å². The van der Waals surface area contributed by atoms with Gasteiger partial charge in [0.15, 0.2) is 0 Å². The molecule has 0 amide bonds. The molecule has 1 fully saturated rings. The predicted octanol–water partition coefficient (Wildman–Crippen LogP) is 1.89. The summed E-state index contributed by atoms with van der Waals surface area (Å²) >= 11 is 0. The Labute approximate surface area is 97.5 Å². The molecule has 17 heavy (non-hydrogen) atoms. The van der Waals surface area contributed by atoms with Gasteiger partial charge in [-0.2, -0.15) is 13.2 Å². The van der Waals surface area contributed by atoms with E-state index < -0.39 is 17.3 Å². The minimum Gasteiger partial charge on any atom is -0.387 e. The van der Waals surface area contributed by atoms with Gasteiger partial charge in [0.05, 0.1) is 11.2 Å². The standard InChI is InChI=1S/C12H14F3NO/c1-8-4-10(12(13,14)15)3-2-9(8)5-11(17)6-16-7-11/h2-4,16-17H,5-7H2,1H3. The fourth-order valence-electron chi connectivity index (χ4n) is 1.96. The lowest BCUT2D eigenvalue weighted by molar-refractivity contribution is -0.137. The van der Waals surface area contributed by atoms with E-state index in [2.05, 4.69) is 5.32 Å². The molecule has 1 heterocycles. The minimum atomic E-state index is -4.31. The third kappa shape index (κ3) is 2.61. The first kappa shape index (κ1) is 12.4. The van der Waals surface area contributed by atoms with Crippen molar-refractivity contribution in [3.05, 3.63) is 34.9 Å². The van der Waals surface area contributed by atoms with Gasteiger partial charge in [-0.3, -0.25) is 0 Å². The van der Waals surface area contributed by atoms with Crippen LogP contribution in [-0.4, -0.2) is 23.8 Å². The third-order valence-corrected chi connectivity index (χ3v) is 3.10. The van der Waals surface area contributed by atoms with Crippen LogP contribution >= 0.6 is 0 Å². The summed E-state index contributed by atoms with van der Waals surface area (Å²) in [6, 6.07) is 3.65. The number of nitrogens with one attached hydrogen (secondary N) is 1. The van der Waals surface area contributed by atoms with Crippen molar-refractivity contribution in [1.82, 2.24) is 5.32 Å². The van der Waals surface area contributed by atoms with Gasteiger partial charge in [-0.25, -0.2) is 0 Å². The lowest BCUT2D eigenvalue weighted by Crippen LogP contribution is -2.60. The highest BCUT2D eigenvalue weighted by Crippen LogP contribution is 2.31. The molecule has 94 valence electrons. The van der Waals surface area contributed by atoms with Crippen molar-refractivity contribution in [2.24, 2.45) is 0 Å². The molecule has 1 aromatic rings. The molecule has 2 rings (SSSR count). The molecule has 0 saturated carbocycles. The van der Waals surface area contributed by atoms with E-state index in [1.165, 1.54) is 6.07 Å². The monoisotopic (exact) mass is 245 g/mol. The Morgan fingerprint density at radius 1 is 1.35 bits per heavy atom. The second-order valence-corrected chi connectivity index (χ2v) is 4.64. The second kappa shape index (κ2) is 3.99. The normalized spacial score (nSPS) is 18.9. The highest BCUT2D eigenvalue weighted by molar-refractivity contribution is 5.34. The molecule has 0 radical (unpaired) electrons. The number of hydrogen-bond acceptors (Lipinski definition) is 2. The lowest BCUT2D eigenvalue weighted by Gasteiger charge is -2.38. The van der Waals surface area contributed by atoms with Crippen molar-refractivity contribution in [2.75, 3.05) is 13.1 Å². The molecule has 0 aromatic heterocycles. The largest absolute Gasteiger partial charge is 0.416 e. The van der Waals surface area contributed by atoms with Gasteiger partial charge in [-0.15, -0.1) is 0 Å². The minimum absolute atomic E-state index is 0.393. The zero-order valence-electron chi connectivity index (χ0n) is 9.43. The van der Waals surface area contributed by atoms with E-state index in [0.29, 0.717) is 25.1 Å². The highest BCUT2D eigenvalue weighted by Gasteiger charge is 2.35. The molecule has 1 aliphatic heterocycles. The van der Waals surface area contributed by atoms with Gasteiger partial charge in [0, 0.05) is 19.5 Å². The van der Waals surface area contributed by atoms with Crippen LogP contribution in [0.2, 0.25) is 0 Å². The number of benzene rings is 1. The summed E-state index contributed by atoms with van der Waals surface area (Å²) in [5.74, 6) is 0. The first-order valence-electron chi connectivity index (χ1n) is 5.40. The van der Waals surface area contributed by atoms with Crippen LogP contribution in [-0.2, 0) is 12.6 Å². The summed E-state index contributed by atoms with van der Waals surface area (Å²) in [7, 11) is 0. The SMILES string of the molecule is Cc1cc(C(F)(F)F)ccc1CC1(O)CNC1. The smallest absolute Gasteiger partial charge is 0.387 e. The van der Waals surface area contributed by atoms with Crippen LogP contribution in [0.3, 0.4) is 0 Å². The molecule has 5 heteroatoms. The predicted molar refractivity (Wildman–Crippen MR) is 57.7 cm³/mol. The molecular formula is C12H14F3NO. The Balaban J connectivity index is 2.20. The Bertz CT molecular complexity index is 424. The van der Waals surface area contributed by atoms with E-state index in [1.54, 1.807) is 6.92 Å². The Hall–Kier alpha value is -1.07. The molecule has 1 aromatic carbocycles. The summed E-state index contributed by atoms with van der Waals surface area (Å²) in [4.78, 5) is 0. The van der Waals surface area contributed by atoms with Crippen molar-refractivity contribution < 1.29 is 18.3 Å². The molecule has 0 atom stereocenters. The maximum Gasteiger partial charge on any atom is 0.416 e. The fraction of sp³-hybridized carbons (Fsp3) is 0.500. The molecule has 0 spiro atoms. The molecule has 0 unspecified atom stereocenters. The summed E-state index contributed by atoms with van der Waals surface area (Å²) in [5, 5.41) is 12.9. The number of aliphatic hydroxyl groups is 1. The molecule has 1 saturated heterocycles. The van der Waals surface area contributed by atoms with Gasteiger partial charge in [-0.1, -0.05) is 6.07 Å². The third-order valence-electron chi connectivity index (χ3n) is 3.10. The van der Waals surface area contributed by atoms with Gasteiger partial charge >= 0.3 is 6.18 Å². The molecule has 2 N–H and O–H groups in total. The van der Waals surface area contributed by atoms with Gasteiger partial charge < -0.3 is 10.4 Å². The molecule has 0 aliphatic carbocycles.